The van der Waals surface area contributed by atoms with E-state index in [0.29, 0.717) is 22.6 Å². The van der Waals surface area contributed by atoms with Crippen molar-refractivity contribution < 1.29 is 24.2 Å². The number of aromatic carboxylic acids is 1. The van der Waals surface area contributed by atoms with E-state index in [1.165, 1.54) is 26.4 Å². The molecule has 0 aromatic heterocycles. The third-order valence-electron chi connectivity index (χ3n) is 3.27. The fourth-order valence-electron chi connectivity index (χ4n) is 2.08. The number of methoxy groups -OCH3 is 2. The van der Waals surface area contributed by atoms with E-state index in [9.17, 15) is 9.59 Å². The molecule has 1 amide bonds. The smallest absolute Gasteiger partial charge is 0.335 e. The van der Waals surface area contributed by atoms with E-state index in [0.717, 1.165) is 0 Å². The van der Waals surface area contributed by atoms with Crippen molar-refractivity contribution in [2.24, 2.45) is 0 Å². The fraction of sp³-hybridized carbons (Fsp3) is 0.333. The van der Waals surface area contributed by atoms with Crippen LogP contribution >= 0.6 is 0 Å². The summed E-state index contributed by atoms with van der Waals surface area (Å²) in [5.41, 5.74) is 1.32. The third kappa shape index (κ3) is 7.40. The maximum Gasteiger partial charge on any atom is 0.335 e. The highest BCUT2D eigenvalue weighted by Crippen LogP contribution is 2.27. The van der Waals surface area contributed by atoms with E-state index in [-0.39, 0.29) is 18.0 Å². The molecule has 0 heterocycles. The predicted molar refractivity (Wildman–Crippen MR) is 107 cm³/mol. The first-order valence-electron chi connectivity index (χ1n) is 8.87. The van der Waals surface area contributed by atoms with Crippen LogP contribution in [0.1, 0.15) is 54.0 Å². The molecule has 27 heavy (non-hydrogen) atoms. The number of ether oxygens (including phenoxy) is 2. The van der Waals surface area contributed by atoms with Gasteiger partial charge in [-0.25, -0.2) is 4.79 Å². The van der Waals surface area contributed by atoms with Gasteiger partial charge in [0.2, 0.25) is 0 Å². The number of nitrogens with one attached hydrogen (secondary N) is 1. The van der Waals surface area contributed by atoms with Gasteiger partial charge in [-0.1, -0.05) is 39.8 Å². The van der Waals surface area contributed by atoms with Crippen molar-refractivity contribution >= 4 is 11.9 Å². The molecule has 0 aliphatic rings. The van der Waals surface area contributed by atoms with Crippen molar-refractivity contribution in [1.29, 1.82) is 0 Å². The van der Waals surface area contributed by atoms with Gasteiger partial charge in [-0.3, -0.25) is 4.79 Å². The summed E-state index contributed by atoms with van der Waals surface area (Å²) < 4.78 is 10.3. The van der Waals surface area contributed by atoms with Gasteiger partial charge in [0, 0.05) is 12.1 Å². The molecule has 0 saturated carbocycles. The molecule has 0 aliphatic carbocycles. The Morgan fingerprint density at radius 1 is 0.889 bits per heavy atom. The van der Waals surface area contributed by atoms with Crippen molar-refractivity contribution in [3.8, 4) is 11.5 Å². The van der Waals surface area contributed by atoms with Crippen LogP contribution in [0.5, 0.6) is 11.5 Å². The summed E-state index contributed by atoms with van der Waals surface area (Å²) in [5, 5.41) is 11.7. The van der Waals surface area contributed by atoms with Crippen LogP contribution in [-0.2, 0) is 6.54 Å². The van der Waals surface area contributed by atoms with E-state index in [2.05, 4.69) is 5.32 Å². The number of hydrogen-bond donors (Lipinski definition) is 2. The predicted octanol–water partition coefficient (Wildman–Crippen LogP) is 4.38. The Morgan fingerprint density at radius 2 is 1.52 bits per heavy atom. The van der Waals surface area contributed by atoms with Gasteiger partial charge in [0.25, 0.3) is 5.91 Å². The third-order valence-corrected chi connectivity index (χ3v) is 3.27. The molecule has 0 saturated heterocycles. The Kier molecular flexibility index (Phi) is 11.7. The molecule has 0 aliphatic heterocycles. The number of carboxylic acids is 1. The van der Waals surface area contributed by atoms with Crippen LogP contribution in [-0.4, -0.2) is 31.2 Å². The molecule has 2 aromatic rings. The second kappa shape index (κ2) is 13.2. The van der Waals surface area contributed by atoms with Gasteiger partial charge in [0.05, 0.1) is 19.8 Å². The van der Waals surface area contributed by atoms with Crippen molar-refractivity contribution in [2.75, 3.05) is 14.2 Å². The number of carbonyl (C=O) groups is 2. The van der Waals surface area contributed by atoms with Crippen molar-refractivity contribution in [3.05, 3.63) is 59.2 Å². The first kappa shape index (κ1) is 24.0. The Bertz CT molecular complexity index is 728. The standard InChI is InChI=1S/C17H17NO5.2C2H6/c1-22-14-7-6-12(9-15(14)23-2)16(19)18-10-11-4-3-5-13(8-11)17(20)21;2*1-2/h3-9H,10H2,1-2H3,(H,18,19)(H,20,21);2*1-2H3. The van der Waals surface area contributed by atoms with E-state index < -0.39 is 5.97 Å². The van der Waals surface area contributed by atoms with Gasteiger partial charge in [-0.05, 0) is 35.9 Å². The monoisotopic (exact) mass is 375 g/mol. The maximum absolute atomic E-state index is 12.2. The highest BCUT2D eigenvalue weighted by atomic mass is 16.5. The number of hydrogen-bond acceptors (Lipinski definition) is 4. The molecule has 0 radical (unpaired) electrons. The van der Waals surface area contributed by atoms with Crippen molar-refractivity contribution in [2.45, 2.75) is 34.2 Å². The highest BCUT2D eigenvalue weighted by molar-refractivity contribution is 5.95. The van der Waals surface area contributed by atoms with Crippen molar-refractivity contribution in [3.63, 3.8) is 0 Å². The van der Waals surface area contributed by atoms with E-state index in [1.807, 2.05) is 27.7 Å². The van der Waals surface area contributed by atoms with Crippen LogP contribution in [0.3, 0.4) is 0 Å². The summed E-state index contributed by atoms with van der Waals surface area (Å²) >= 11 is 0. The zero-order valence-corrected chi connectivity index (χ0v) is 16.8. The molecule has 0 atom stereocenters. The molecule has 0 bridgehead atoms. The largest absolute Gasteiger partial charge is 0.493 e. The zero-order chi connectivity index (χ0) is 20.8. The lowest BCUT2D eigenvalue weighted by Gasteiger charge is -2.10. The summed E-state index contributed by atoms with van der Waals surface area (Å²) in [7, 11) is 3.02. The Morgan fingerprint density at radius 3 is 2.07 bits per heavy atom. The molecular weight excluding hydrogens is 346 g/mol. The molecule has 148 valence electrons. The Labute approximate surface area is 161 Å². The van der Waals surface area contributed by atoms with Gasteiger partial charge >= 0.3 is 5.97 Å². The van der Waals surface area contributed by atoms with E-state index in [1.54, 1.807) is 30.3 Å². The maximum atomic E-state index is 12.2. The molecule has 6 nitrogen and oxygen atoms in total. The average Bonchev–Trinajstić information content (AvgIpc) is 2.74. The van der Waals surface area contributed by atoms with E-state index in [4.69, 9.17) is 14.6 Å². The fourth-order valence-corrected chi connectivity index (χ4v) is 2.08. The van der Waals surface area contributed by atoms with Crippen LogP contribution in [0, 0.1) is 0 Å². The normalized spacial score (nSPS) is 8.96. The summed E-state index contributed by atoms with van der Waals surface area (Å²) in [4.78, 5) is 23.1. The summed E-state index contributed by atoms with van der Waals surface area (Å²) in [5.74, 6) is -0.281. The minimum absolute atomic E-state index is 0.183. The number of benzene rings is 2. The topological polar surface area (TPSA) is 84.9 Å². The van der Waals surface area contributed by atoms with Gasteiger partial charge in [0.1, 0.15) is 0 Å². The molecule has 0 fully saturated rings. The van der Waals surface area contributed by atoms with Crippen molar-refractivity contribution in [1.82, 2.24) is 5.32 Å². The van der Waals surface area contributed by atoms with Crippen LogP contribution in [0.25, 0.3) is 0 Å². The van der Waals surface area contributed by atoms with Gasteiger partial charge in [-0.15, -0.1) is 0 Å². The lowest BCUT2D eigenvalue weighted by Crippen LogP contribution is -2.23. The van der Waals surface area contributed by atoms with Gasteiger partial charge in [-0.2, -0.15) is 0 Å². The quantitative estimate of drug-likeness (QED) is 0.782. The molecule has 0 unspecified atom stereocenters. The lowest BCUT2D eigenvalue weighted by atomic mass is 10.1. The van der Waals surface area contributed by atoms with Crippen LogP contribution in [0.4, 0.5) is 0 Å². The lowest BCUT2D eigenvalue weighted by molar-refractivity contribution is 0.0696. The minimum atomic E-state index is -1.00. The number of amides is 1. The first-order valence-corrected chi connectivity index (χ1v) is 8.87. The van der Waals surface area contributed by atoms with Gasteiger partial charge < -0.3 is 19.9 Å². The highest BCUT2D eigenvalue weighted by Gasteiger charge is 2.11. The number of rotatable bonds is 6. The van der Waals surface area contributed by atoms with Crippen LogP contribution in [0.15, 0.2) is 42.5 Å². The SMILES string of the molecule is CC.CC.COc1ccc(C(=O)NCc2cccc(C(=O)O)c2)cc1OC. The summed E-state index contributed by atoms with van der Waals surface area (Å²) in [6.07, 6.45) is 0. The number of carboxylic acid groups (broad SMARTS) is 1. The van der Waals surface area contributed by atoms with Crippen LogP contribution < -0.4 is 14.8 Å². The van der Waals surface area contributed by atoms with Gasteiger partial charge in [0.15, 0.2) is 11.5 Å². The van der Waals surface area contributed by atoms with Crippen LogP contribution in [0.2, 0.25) is 0 Å². The molecule has 6 heteroatoms. The second-order valence-corrected chi connectivity index (χ2v) is 4.76. The summed E-state index contributed by atoms with van der Waals surface area (Å²) in [6, 6.07) is 11.3. The average molecular weight is 375 g/mol. The minimum Gasteiger partial charge on any atom is -0.493 e. The number of carbonyl (C=O) groups excluding carboxylic acids is 1. The van der Waals surface area contributed by atoms with E-state index >= 15 is 0 Å². The Hall–Kier alpha value is -3.02. The molecule has 0 spiro atoms. The molecule has 2 aromatic carbocycles. The second-order valence-electron chi connectivity index (χ2n) is 4.76. The summed E-state index contributed by atoms with van der Waals surface area (Å²) in [6.45, 7) is 8.23. The molecule has 2 rings (SSSR count). The zero-order valence-electron chi connectivity index (χ0n) is 16.8. The Balaban J connectivity index is 0.00000158. The molecular formula is C21H29NO5. The molecule has 2 N–H and O–H groups in total. The first-order chi connectivity index (χ1) is 13.0.